The molecule has 3 N–H and O–H groups in total. The standard InChI is InChI=1S/C10H21N3O2/c1-8(2)6-9(14)12-4-5-13-10(15)7-11-3/h8,11H,4-7H2,1-3H3,(H,12,14)(H,13,15). The van der Waals surface area contributed by atoms with Crippen LogP contribution in [0.25, 0.3) is 0 Å². The molecule has 0 aromatic heterocycles. The highest BCUT2D eigenvalue weighted by molar-refractivity contribution is 5.78. The number of rotatable bonds is 7. The molecule has 0 saturated heterocycles. The normalized spacial score (nSPS) is 10.1. The quantitative estimate of drug-likeness (QED) is 0.501. The lowest BCUT2D eigenvalue weighted by atomic mass is 10.1. The molecular weight excluding hydrogens is 194 g/mol. The van der Waals surface area contributed by atoms with Crippen LogP contribution in [0.4, 0.5) is 0 Å². The van der Waals surface area contributed by atoms with Gasteiger partial charge in [0.1, 0.15) is 0 Å². The van der Waals surface area contributed by atoms with Crippen molar-refractivity contribution in [2.24, 2.45) is 5.92 Å². The first-order valence-corrected chi connectivity index (χ1v) is 5.24. The smallest absolute Gasteiger partial charge is 0.234 e. The Hall–Kier alpha value is -1.10. The fourth-order valence-corrected chi connectivity index (χ4v) is 1.07. The first-order chi connectivity index (χ1) is 7.06. The largest absolute Gasteiger partial charge is 0.354 e. The van der Waals surface area contributed by atoms with Crippen molar-refractivity contribution in [1.82, 2.24) is 16.0 Å². The van der Waals surface area contributed by atoms with Gasteiger partial charge in [-0.25, -0.2) is 0 Å². The van der Waals surface area contributed by atoms with E-state index in [2.05, 4.69) is 16.0 Å². The Morgan fingerprint density at radius 3 is 2.07 bits per heavy atom. The number of hydrogen-bond donors (Lipinski definition) is 3. The molecule has 0 aliphatic carbocycles. The summed E-state index contributed by atoms with van der Waals surface area (Å²) in [6.07, 6.45) is 0.532. The third-order valence-corrected chi connectivity index (χ3v) is 1.70. The Morgan fingerprint density at radius 1 is 1.07 bits per heavy atom. The van der Waals surface area contributed by atoms with Crippen LogP contribution < -0.4 is 16.0 Å². The van der Waals surface area contributed by atoms with Gasteiger partial charge in [-0.1, -0.05) is 13.8 Å². The van der Waals surface area contributed by atoms with Crippen LogP contribution in [0.1, 0.15) is 20.3 Å². The zero-order chi connectivity index (χ0) is 11.7. The lowest BCUT2D eigenvalue weighted by Crippen LogP contribution is -2.38. The van der Waals surface area contributed by atoms with Gasteiger partial charge in [0.25, 0.3) is 0 Å². The van der Waals surface area contributed by atoms with E-state index >= 15 is 0 Å². The maximum atomic E-state index is 11.2. The lowest BCUT2D eigenvalue weighted by molar-refractivity contribution is -0.122. The molecule has 0 aromatic carbocycles. The molecule has 0 saturated carbocycles. The first kappa shape index (κ1) is 13.9. The van der Waals surface area contributed by atoms with Crippen molar-refractivity contribution in [3.05, 3.63) is 0 Å². The molecule has 5 nitrogen and oxygen atoms in total. The molecule has 0 aliphatic rings. The fourth-order valence-electron chi connectivity index (χ4n) is 1.07. The molecule has 0 bridgehead atoms. The van der Waals surface area contributed by atoms with Crippen molar-refractivity contribution in [2.45, 2.75) is 20.3 Å². The molecule has 0 heterocycles. The Balaban J connectivity index is 3.38. The number of carbonyl (C=O) groups excluding carboxylic acids is 2. The number of hydrogen-bond acceptors (Lipinski definition) is 3. The number of likely N-dealkylation sites (N-methyl/N-ethyl adjacent to an activating group) is 1. The SMILES string of the molecule is CNCC(=O)NCCNC(=O)CC(C)C. The summed E-state index contributed by atoms with van der Waals surface area (Å²) >= 11 is 0. The van der Waals surface area contributed by atoms with E-state index < -0.39 is 0 Å². The van der Waals surface area contributed by atoms with E-state index in [0.29, 0.717) is 32.0 Å². The Morgan fingerprint density at radius 2 is 1.60 bits per heavy atom. The van der Waals surface area contributed by atoms with Gasteiger partial charge in [0.2, 0.25) is 11.8 Å². The second-order valence-corrected chi connectivity index (χ2v) is 3.83. The Kier molecular flexibility index (Phi) is 7.62. The van der Waals surface area contributed by atoms with Crippen LogP contribution in [0.2, 0.25) is 0 Å². The molecule has 0 rings (SSSR count). The van der Waals surface area contributed by atoms with Crippen LogP contribution in [0.15, 0.2) is 0 Å². The minimum atomic E-state index is -0.0596. The van der Waals surface area contributed by atoms with Crippen molar-refractivity contribution >= 4 is 11.8 Å². The molecule has 0 aromatic rings. The summed E-state index contributed by atoms with van der Waals surface area (Å²) in [5.41, 5.74) is 0. The minimum Gasteiger partial charge on any atom is -0.354 e. The fraction of sp³-hybridized carbons (Fsp3) is 0.800. The van der Waals surface area contributed by atoms with Crippen molar-refractivity contribution in [1.29, 1.82) is 0 Å². The summed E-state index contributed by atoms with van der Waals surface area (Å²) in [5.74, 6) is 0.340. The van der Waals surface area contributed by atoms with Crippen molar-refractivity contribution in [3.63, 3.8) is 0 Å². The Bertz CT molecular complexity index is 205. The topological polar surface area (TPSA) is 70.2 Å². The zero-order valence-corrected chi connectivity index (χ0v) is 9.72. The molecule has 2 amide bonds. The second kappa shape index (κ2) is 8.23. The first-order valence-electron chi connectivity index (χ1n) is 5.24. The van der Waals surface area contributed by atoms with Gasteiger partial charge in [0, 0.05) is 19.5 Å². The van der Waals surface area contributed by atoms with Crippen molar-refractivity contribution in [3.8, 4) is 0 Å². The molecule has 15 heavy (non-hydrogen) atoms. The van der Waals surface area contributed by atoms with E-state index in [1.807, 2.05) is 13.8 Å². The summed E-state index contributed by atoms with van der Waals surface area (Å²) in [6.45, 7) is 5.26. The average molecular weight is 215 g/mol. The lowest BCUT2D eigenvalue weighted by Gasteiger charge is -2.08. The molecule has 0 aliphatic heterocycles. The molecule has 0 spiro atoms. The van der Waals surface area contributed by atoms with Gasteiger partial charge in [-0.05, 0) is 13.0 Å². The highest BCUT2D eigenvalue weighted by Crippen LogP contribution is 1.97. The van der Waals surface area contributed by atoms with Crippen LogP contribution in [0.3, 0.4) is 0 Å². The molecule has 5 heteroatoms. The highest BCUT2D eigenvalue weighted by Gasteiger charge is 2.03. The van der Waals surface area contributed by atoms with E-state index in [0.717, 1.165) is 0 Å². The third kappa shape index (κ3) is 9.21. The maximum absolute atomic E-state index is 11.2. The number of carbonyl (C=O) groups is 2. The Labute approximate surface area is 91.0 Å². The molecule has 0 unspecified atom stereocenters. The van der Waals surface area contributed by atoms with Crippen LogP contribution in [0.5, 0.6) is 0 Å². The molecule has 0 radical (unpaired) electrons. The van der Waals surface area contributed by atoms with Gasteiger partial charge >= 0.3 is 0 Å². The van der Waals surface area contributed by atoms with Crippen LogP contribution >= 0.6 is 0 Å². The summed E-state index contributed by atoms with van der Waals surface area (Å²) in [7, 11) is 1.71. The monoisotopic (exact) mass is 215 g/mol. The average Bonchev–Trinajstić information content (AvgIpc) is 2.12. The summed E-state index contributed by atoms with van der Waals surface area (Å²) in [6, 6.07) is 0. The summed E-state index contributed by atoms with van der Waals surface area (Å²) in [4.78, 5) is 22.2. The summed E-state index contributed by atoms with van der Waals surface area (Å²) in [5, 5.41) is 8.16. The zero-order valence-electron chi connectivity index (χ0n) is 9.72. The van der Waals surface area contributed by atoms with Gasteiger partial charge < -0.3 is 16.0 Å². The molecular formula is C10H21N3O2. The van der Waals surface area contributed by atoms with Crippen molar-refractivity contribution in [2.75, 3.05) is 26.7 Å². The summed E-state index contributed by atoms with van der Waals surface area (Å²) < 4.78 is 0. The maximum Gasteiger partial charge on any atom is 0.234 e. The van der Waals surface area contributed by atoms with Crippen LogP contribution in [-0.4, -0.2) is 38.5 Å². The molecule has 0 atom stereocenters. The van der Waals surface area contributed by atoms with Gasteiger partial charge in [-0.3, -0.25) is 9.59 Å². The van der Waals surface area contributed by atoms with Crippen molar-refractivity contribution < 1.29 is 9.59 Å². The predicted octanol–water partition coefficient (Wildman–Crippen LogP) is -0.516. The van der Waals surface area contributed by atoms with E-state index in [9.17, 15) is 9.59 Å². The number of amides is 2. The molecule has 88 valence electrons. The number of nitrogens with one attached hydrogen (secondary N) is 3. The van der Waals surface area contributed by atoms with E-state index in [4.69, 9.17) is 0 Å². The third-order valence-electron chi connectivity index (χ3n) is 1.70. The van der Waals surface area contributed by atoms with Gasteiger partial charge in [0.05, 0.1) is 6.54 Å². The van der Waals surface area contributed by atoms with E-state index in [1.54, 1.807) is 7.05 Å². The van der Waals surface area contributed by atoms with Gasteiger partial charge in [0.15, 0.2) is 0 Å². The van der Waals surface area contributed by atoms with E-state index in [-0.39, 0.29) is 11.8 Å². The minimum absolute atomic E-state index is 0.0351. The predicted molar refractivity (Wildman–Crippen MR) is 59.4 cm³/mol. The van der Waals surface area contributed by atoms with Gasteiger partial charge in [-0.2, -0.15) is 0 Å². The molecule has 0 fully saturated rings. The highest BCUT2D eigenvalue weighted by atomic mass is 16.2. The van der Waals surface area contributed by atoms with E-state index in [1.165, 1.54) is 0 Å². The van der Waals surface area contributed by atoms with Gasteiger partial charge in [-0.15, -0.1) is 0 Å². The second-order valence-electron chi connectivity index (χ2n) is 3.83. The van der Waals surface area contributed by atoms with Crippen LogP contribution in [0, 0.1) is 5.92 Å². The van der Waals surface area contributed by atoms with Crippen LogP contribution in [-0.2, 0) is 9.59 Å².